The van der Waals surface area contributed by atoms with Gasteiger partial charge in [-0.15, -0.1) is 0 Å². The second kappa shape index (κ2) is 7.92. The van der Waals surface area contributed by atoms with Gasteiger partial charge in [-0.25, -0.2) is 0 Å². The number of nitrogens with zero attached hydrogens (tertiary/aromatic N) is 2. The van der Waals surface area contributed by atoms with Crippen molar-refractivity contribution in [3.63, 3.8) is 0 Å². The Morgan fingerprint density at radius 3 is 2.76 bits per heavy atom. The Morgan fingerprint density at radius 2 is 2.12 bits per heavy atom. The van der Waals surface area contributed by atoms with E-state index in [9.17, 15) is 4.79 Å². The topological polar surface area (TPSA) is 48.7 Å². The van der Waals surface area contributed by atoms with Crippen LogP contribution in [0, 0.1) is 12.3 Å². The highest BCUT2D eigenvalue weighted by molar-refractivity contribution is 5.82. The Morgan fingerprint density at radius 1 is 1.36 bits per heavy atom. The molecule has 3 rings (SSSR count). The summed E-state index contributed by atoms with van der Waals surface area (Å²) in [6.45, 7) is 9.23. The molecule has 2 fully saturated rings. The van der Waals surface area contributed by atoms with Crippen molar-refractivity contribution < 1.29 is 9.21 Å². The van der Waals surface area contributed by atoms with Crippen molar-refractivity contribution in [3.8, 4) is 0 Å². The lowest BCUT2D eigenvalue weighted by Crippen LogP contribution is -2.44. The van der Waals surface area contributed by atoms with Gasteiger partial charge >= 0.3 is 0 Å². The maximum atomic E-state index is 12.8. The first kappa shape index (κ1) is 18.5. The predicted octanol–water partition coefficient (Wildman–Crippen LogP) is 2.44. The molecule has 0 radical (unpaired) electrons. The third-order valence-corrected chi connectivity index (χ3v) is 5.93. The van der Waals surface area contributed by atoms with Crippen molar-refractivity contribution in [2.75, 3.05) is 39.8 Å². The summed E-state index contributed by atoms with van der Waals surface area (Å²) in [4.78, 5) is 17.7. The summed E-state index contributed by atoms with van der Waals surface area (Å²) in [7, 11) is 2.20. The van der Waals surface area contributed by atoms with Crippen LogP contribution < -0.4 is 5.32 Å². The van der Waals surface area contributed by atoms with E-state index in [1.807, 2.05) is 19.1 Å². The minimum absolute atomic E-state index is 0.0432. The average molecular weight is 348 g/mol. The predicted molar refractivity (Wildman–Crippen MR) is 99.6 cm³/mol. The highest BCUT2D eigenvalue weighted by Gasteiger charge is 2.47. The Kier molecular flexibility index (Phi) is 5.85. The molecule has 0 aliphatic carbocycles. The van der Waals surface area contributed by atoms with Crippen molar-refractivity contribution in [3.05, 3.63) is 23.7 Å². The molecule has 1 spiro atoms. The molecule has 5 nitrogen and oxygen atoms in total. The molecule has 2 saturated heterocycles. The Bertz CT molecular complexity index is 575. The molecule has 2 aliphatic heterocycles. The summed E-state index contributed by atoms with van der Waals surface area (Å²) in [5.41, 5.74) is 0.349. The summed E-state index contributed by atoms with van der Waals surface area (Å²) in [5.74, 6) is 2.07. The molecule has 1 atom stereocenters. The molecule has 0 bridgehead atoms. The second-order valence-electron chi connectivity index (χ2n) is 8.05. The van der Waals surface area contributed by atoms with Crippen molar-refractivity contribution in [2.45, 2.75) is 52.0 Å². The summed E-state index contributed by atoms with van der Waals surface area (Å²) in [6, 6.07) is 4.01. The van der Waals surface area contributed by atoms with Crippen LogP contribution in [0.3, 0.4) is 0 Å². The number of hydrogen-bond donors (Lipinski definition) is 1. The number of carbonyl (C=O) groups is 1. The van der Waals surface area contributed by atoms with Gasteiger partial charge in [0, 0.05) is 19.5 Å². The Labute approximate surface area is 151 Å². The molecule has 0 aromatic carbocycles. The smallest absolute Gasteiger partial charge is 0.237 e. The molecule has 1 amide bonds. The molecule has 5 heteroatoms. The van der Waals surface area contributed by atoms with E-state index in [0.29, 0.717) is 12.0 Å². The number of hydrogen-bond acceptors (Lipinski definition) is 4. The van der Waals surface area contributed by atoms with Crippen molar-refractivity contribution in [1.82, 2.24) is 15.1 Å². The summed E-state index contributed by atoms with van der Waals surface area (Å²) >= 11 is 0. The minimum Gasteiger partial charge on any atom is -0.466 e. The van der Waals surface area contributed by atoms with E-state index in [1.165, 1.54) is 12.8 Å². The maximum Gasteiger partial charge on any atom is 0.237 e. The van der Waals surface area contributed by atoms with Crippen molar-refractivity contribution in [2.24, 2.45) is 5.41 Å². The number of furan rings is 1. The molecule has 0 unspecified atom stereocenters. The van der Waals surface area contributed by atoms with Gasteiger partial charge in [0.25, 0.3) is 0 Å². The van der Waals surface area contributed by atoms with Gasteiger partial charge in [0.1, 0.15) is 11.5 Å². The van der Waals surface area contributed by atoms with E-state index >= 15 is 0 Å². The third kappa shape index (κ3) is 4.45. The lowest BCUT2D eigenvalue weighted by Gasteiger charge is -2.37. The van der Waals surface area contributed by atoms with Gasteiger partial charge in [-0.2, -0.15) is 0 Å². The fraction of sp³-hybridized carbons (Fsp3) is 0.750. The van der Waals surface area contributed by atoms with Crippen LogP contribution in [0.1, 0.15) is 44.1 Å². The number of rotatable bonds is 6. The van der Waals surface area contributed by atoms with E-state index in [2.05, 4.69) is 29.1 Å². The molecule has 1 N–H and O–H groups in total. The van der Waals surface area contributed by atoms with Crippen LogP contribution in [0.25, 0.3) is 0 Å². The van der Waals surface area contributed by atoms with Crippen LogP contribution in [-0.4, -0.2) is 61.5 Å². The third-order valence-electron chi connectivity index (χ3n) is 5.93. The van der Waals surface area contributed by atoms with E-state index in [1.54, 1.807) is 0 Å². The van der Waals surface area contributed by atoms with Crippen LogP contribution in [0.2, 0.25) is 0 Å². The fourth-order valence-electron chi connectivity index (χ4n) is 4.43. The molecule has 2 aliphatic rings. The van der Waals surface area contributed by atoms with Gasteiger partial charge in [0.15, 0.2) is 0 Å². The molecule has 25 heavy (non-hydrogen) atoms. The zero-order valence-corrected chi connectivity index (χ0v) is 16.0. The fourth-order valence-corrected chi connectivity index (χ4v) is 4.43. The number of carbonyl (C=O) groups excluding carboxylic acids is 1. The lowest BCUT2D eigenvalue weighted by molar-refractivity contribution is -0.125. The molecular weight excluding hydrogens is 314 g/mol. The van der Waals surface area contributed by atoms with E-state index < -0.39 is 0 Å². The summed E-state index contributed by atoms with van der Waals surface area (Å²) in [5, 5.41) is 3.15. The average Bonchev–Trinajstić information content (AvgIpc) is 3.15. The van der Waals surface area contributed by atoms with Crippen LogP contribution in [-0.2, 0) is 11.2 Å². The molecule has 3 heterocycles. The van der Waals surface area contributed by atoms with Crippen molar-refractivity contribution in [1.29, 1.82) is 0 Å². The number of nitrogens with one attached hydrogen (secondary N) is 1. The van der Waals surface area contributed by atoms with E-state index in [0.717, 1.165) is 57.0 Å². The zero-order chi connectivity index (χ0) is 17.9. The number of amides is 1. The highest BCUT2D eigenvalue weighted by Crippen LogP contribution is 2.43. The largest absolute Gasteiger partial charge is 0.466 e. The lowest BCUT2D eigenvalue weighted by atomic mass is 9.76. The van der Waals surface area contributed by atoms with E-state index in [-0.39, 0.29) is 11.9 Å². The van der Waals surface area contributed by atoms with Gasteiger partial charge in [0.05, 0.1) is 6.04 Å². The van der Waals surface area contributed by atoms with E-state index in [4.69, 9.17) is 4.42 Å². The Hall–Kier alpha value is -1.33. The van der Waals surface area contributed by atoms with Crippen LogP contribution in [0.5, 0.6) is 0 Å². The normalized spacial score (nSPS) is 24.0. The number of piperidine rings is 1. The van der Waals surface area contributed by atoms with Gasteiger partial charge in [-0.3, -0.25) is 9.69 Å². The molecule has 140 valence electrons. The molecular formula is C20H33N3O2. The molecule has 1 aromatic rings. The van der Waals surface area contributed by atoms with Gasteiger partial charge < -0.3 is 14.6 Å². The van der Waals surface area contributed by atoms with Crippen molar-refractivity contribution >= 4 is 5.91 Å². The quantitative estimate of drug-likeness (QED) is 0.859. The van der Waals surface area contributed by atoms with Crippen LogP contribution >= 0.6 is 0 Å². The SMILES string of the molecule is CCCN1CC2(CCN(C)CC2)C[C@@H]1C(=O)NCCc1ccc(C)o1. The van der Waals surface area contributed by atoms with Crippen LogP contribution in [0.15, 0.2) is 16.5 Å². The number of aryl methyl sites for hydroxylation is 1. The monoisotopic (exact) mass is 347 g/mol. The first-order valence-corrected chi connectivity index (χ1v) is 9.77. The highest BCUT2D eigenvalue weighted by atomic mass is 16.3. The second-order valence-corrected chi connectivity index (χ2v) is 8.05. The van der Waals surface area contributed by atoms with Gasteiger partial charge in [-0.05, 0) is 76.8 Å². The molecule has 0 saturated carbocycles. The summed E-state index contributed by atoms with van der Waals surface area (Å²) < 4.78 is 5.58. The first-order valence-electron chi connectivity index (χ1n) is 9.77. The zero-order valence-electron chi connectivity index (χ0n) is 16.0. The Balaban J connectivity index is 1.55. The maximum absolute atomic E-state index is 12.8. The standard InChI is InChI=1S/C20H33N3O2/c1-4-11-23-15-20(8-12-22(3)13-9-20)14-18(23)19(24)21-10-7-17-6-5-16(2)25-17/h5-6,18H,4,7-15H2,1-3H3,(H,21,24)/t18-/m1/s1. The molecule has 1 aromatic heterocycles. The van der Waals surface area contributed by atoms with Gasteiger partial charge in [-0.1, -0.05) is 6.92 Å². The number of likely N-dealkylation sites (tertiary alicyclic amines) is 2. The van der Waals surface area contributed by atoms with Gasteiger partial charge in [0.2, 0.25) is 5.91 Å². The summed E-state index contributed by atoms with van der Waals surface area (Å²) in [6.07, 6.45) is 5.33. The van der Waals surface area contributed by atoms with Crippen LogP contribution in [0.4, 0.5) is 0 Å². The minimum atomic E-state index is 0.0432. The first-order chi connectivity index (χ1) is 12.0.